The van der Waals surface area contributed by atoms with Crippen molar-refractivity contribution in [2.75, 3.05) is 26.4 Å². The minimum atomic E-state index is 0.500. The molecule has 0 aliphatic carbocycles. The van der Waals surface area contributed by atoms with Crippen molar-refractivity contribution in [1.82, 2.24) is 19.9 Å². The molecule has 0 saturated carbocycles. The van der Waals surface area contributed by atoms with Crippen molar-refractivity contribution >= 4 is 33.7 Å². The van der Waals surface area contributed by atoms with E-state index in [4.69, 9.17) is 28.9 Å². The van der Waals surface area contributed by atoms with E-state index in [-0.39, 0.29) is 0 Å². The highest BCUT2D eigenvalue weighted by atomic mass is 32.1. The van der Waals surface area contributed by atoms with Crippen LogP contribution in [-0.2, 0) is 0 Å². The summed E-state index contributed by atoms with van der Waals surface area (Å²) in [4.78, 5) is 21.7. The third-order valence-electron chi connectivity index (χ3n) is 6.73. The average molecular weight is 565 g/mol. The highest BCUT2D eigenvalue weighted by Gasteiger charge is 2.27. The number of hydrogen-bond donors (Lipinski definition) is 0. The van der Waals surface area contributed by atoms with Gasteiger partial charge in [0.25, 0.3) is 0 Å². The van der Waals surface area contributed by atoms with Gasteiger partial charge in [0.1, 0.15) is 37.8 Å². The quantitative estimate of drug-likeness (QED) is 0.232. The van der Waals surface area contributed by atoms with Gasteiger partial charge in [-0.1, -0.05) is 24.3 Å². The lowest BCUT2D eigenvalue weighted by Crippen LogP contribution is -2.14. The van der Waals surface area contributed by atoms with Crippen LogP contribution in [0.25, 0.3) is 54.7 Å². The number of pyridine rings is 2. The maximum Gasteiger partial charge on any atom is 0.180 e. The number of benzene rings is 1. The van der Waals surface area contributed by atoms with Crippen molar-refractivity contribution in [2.45, 2.75) is 0 Å². The van der Waals surface area contributed by atoms with Crippen LogP contribution in [0.5, 0.6) is 23.0 Å². The Bertz CT molecular complexity index is 1740. The molecule has 0 unspecified atom stereocenters. The first-order chi connectivity index (χ1) is 19.8. The highest BCUT2D eigenvalue weighted by molar-refractivity contribution is 7.15. The highest BCUT2D eigenvalue weighted by Crippen LogP contribution is 2.51. The van der Waals surface area contributed by atoms with Crippen molar-refractivity contribution in [3.8, 4) is 66.7 Å². The molecular formula is C30H20N4O4S2. The molecule has 2 aliphatic heterocycles. The van der Waals surface area contributed by atoms with E-state index in [9.17, 15) is 0 Å². The minimum Gasteiger partial charge on any atom is -0.485 e. The number of aromatic nitrogens is 4. The molecule has 196 valence electrons. The average Bonchev–Trinajstić information content (AvgIpc) is 3.65. The van der Waals surface area contributed by atoms with Gasteiger partial charge in [0.15, 0.2) is 23.0 Å². The molecule has 8 rings (SSSR count). The van der Waals surface area contributed by atoms with Crippen LogP contribution in [0.15, 0.2) is 71.7 Å². The van der Waals surface area contributed by atoms with Crippen molar-refractivity contribution in [2.24, 2.45) is 0 Å². The lowest BCUT2D eigenvalue weighted by molar-refractivity contribution is 0.174. The first kappa shape index (κ1) is 23.4. The smallest absolute Gasteiger partial charge is 0.180 e. The molecular weight excluding hydrogens is 544 g/mol. The third kappa shape index (κ3) is 3.79. The number of rotatable bonds is 4. The normalized spacial score (nSPS) is 13.9. The van der Waals surface area contributed by atoms with Gasteiger partial charge in [-0.3, -0.25) is 9.97 Å². The van der Waals surface area contributed by atoms with Crippen LogP contribution < -0.4 is 18.9 Å². The molecule has 0 atom stereocenters. The molecule has 10 heteroatoms. The van der Waals surface area contributed by atoms with E-state index in [1.54, 1.807) is 35.1 Å². The fourth-order valence-corrected chi connectivity index (χ4v) is 6.88. The lowest BCUT2D eigenvalue weighted by Gasteiger charge is -2.19. The summed E-state index contributed by atoms with van der Waals surface area (Å²) in [6, 6.07) is 15.7. The van der Waals surface area contributed by atoms with Gasteiger partial charge in [-0.15, -0.1) is 22.7 Å². The fourth-order valence-electron chi connectivity index (χ4n) is 4.96. The molecule has 2 aliphatic rings. The monoisotopic (exact) mass is 564 g/mol. The van der Waals surface area contributed by atoms with Crippen molar-refractivity contribution in [3.05, 3.63) is 71.7 Å². The molecule has 6 aromatic rings. The lowest BCUT2D eigenvalue weighted by atomic mass is 10.0. The van der Waals surface area contributed by atoms with Crippen molar-refractivity contribution < 1.29 is 18.9 Å². The summed E-state index contributed by atoms with van der Waals surface area (Å²) in [7, 11) is 0. The van der Waals surface area contributed by atoms with Gasteiger partial charge in [0.2, 0.25) is 0 Å². The van der Waals surface area contributed by atoms with Gasteiger partial charge in [-0.2, -0.15) is 0 Å². The topological polar surface area (TPSA) is 88.5 Å². The SMILES string of the molecule is c1ccc(-c2nc3c(-c4scc5c4OCCO5)ccc(-c4scc5c4OCCO5)c3nc2-c2ccccn2)nc1. The zero-order chi connectivity index (χ0) is 26.5. The Balaban J connectivity index is 1.46. The van der Waals surface area contributed by atoms with Crippen LogP contribution in [-0.4, -0.2) is 46.4 Å². The number of fused-ring (bicyclic) bond motifs is 3. The van der Waals surface area contributed by atoms with E-state index in [0.717, 1.165) is 54.9 Å². The Morgan fingerprint density at radius 1 is 0.550 bits per heavy atom. The van der Waals surface area contributed by atoms with Gasteiger partial charge >= 0.3 is 0 Å². The maximum atomic E-state index is 6.06. The summed E-state index contributed by atoms with van der Waals surface area (Å²) < 4.78 is 23.8. The second-order valence-electron chi connectivity index (χ2n) is 9.12. The summed E-state index contributed by atoms with van der Waals surface area (Å²) in [5.41, 5.74) is 6.02. The zero-order valence-corrected chi connectivity index (χ0v) is 22.6. The van der Waals surface area contributed by atoms with Crippen LogP contribution in [0.4, 0.5) is 0 Å². The summed E-state index contributed by atoms with van der Waals surface area (Å²) in [6.07, 6.45) is 3.52. The molecule has 0 spiro atoms. The van der Waals surface area contributed by atoms with Crippen molar-refractivity contribution in [1.29, 1.82) is 0 Å². The molecule has 0 N–H and O–H groups in total. The molecule has 0 bridgehead atoms. The van der Waals surface area contributed by atoms with E-state index < -0.39 is 0 Å². The number of nitrogens with zero attached hydrogens (tertiary/aromatic N) is 4. The van der Waals surface area contributed by atoms with Crippen LogP contribution >= 0.6 is 22.7 Å². The molecule has 5 aromatic heterocycles. The summed E-state index contributed by atoms with van der Waals surface area (Å²) >= 11 is 3.15. The van der Waals surface area contributed by atoms with Gasteiger partial charge in [0, 0.05) is 34.3 Å². The number of ether oxygens (including phenoxy) is 4. The van der Waals surface area contributed by atoms with Crippen LogP contribution in [0.3, 0.4) is 0 Å². The van der Waals surface area contributed by atoms with Crippen LogP contribution in [0.2, 0.25) is 0 Å². The Hall–Kier alpha value is -4.54. The Kier molecular flexibility index (Phi) is 5.59. The first-order valence-corrected chi connectivity index (χ1v) is 14.5. The summed E-state index contributed by atoms with van der Waals surface area (Å²) in [6.45, 7) is 2.07. The molecule has 40 heavy (non-hydrogen) atoms. The van der Waals surface area contributed by atoms with E-state index in [0.29, 0.717) is 49.2 Å². The zero-order valence-electron chi connectivity index (χ0n) is 21.0. The molecule has 0 amide bonds. The molecule has 0 fully saturated rings. The van der Waals surface area contributed by atoms with Crippen LogP contribution in [0.1, 0.15) is 0 Å². The third-order valence-corrected chi connectivity index (χ3v) is 8.68. The molecule has 1 aromatic carbocycles. The summed E-state index contributed by atoms with van der Waals surface area (Å²) in [5.74, 6) is 2.99. The van der Waals surface area contributed by atoms with Gasteiger partial charge < -0.3 is 18.9 Å². The summed E-state index contributed by atoms with van der Waals surface area (Å²) in [5, 5.41) is 3.97. The van der Waals surface area contributed by atoms with Gasteiger partial charge in [0.05, 0.1) is 32.2 Å². The second-order valence-corrected chi connectivity index (χ2v) is 10.9. The standard InChI is InChI=1S/C30H20N4O4S2/c1-3-9-31-19(5-1)25-26(20-6-2-4-10-32-20)34-24-18(30-28-22(16-40-30)36-12-14-38-28)8-7-17(23(24)33-25)29-27-21(15-39-29)35-11-13-37-27/h1-10,15-16H,11-14H2. The van der Waals surface area contributed by atoms with E-state index in [2.05, 4.69) is 22.1 Å². The van der Waals surface area contributed by atoms with Gasteiger partial charge in [-0.05, 0) is 24.3 Å². The number of hydrogen-bond acceptors (Lipinski definition) is 10. The largest absolute Gasteiger partial charge is 0.485 e. The Morgan fingerprint density at radius 2 is 1.02 bits per heavy atom. The fraction of sp³-hybridized carbons (Fsp3) is 0.133. The van der Waals surface area contributed by atoms with Crippen molar-refractivity contribution in [3.63, 3.8) is 0 Å². The Morgan fingerprint density at radius 3 is 1.48 bits per heavy atom. The Labute approximate surface area is 236 Å². The molecule has 7 heterocycles. The molecule has 0 radical (unpaired) electrons. The number of thiophene rings is 2. The predicted octanol–water partition coefficient (Wildman–Crippen LogP) is 6.75. The molecule has 0 saturated heterocycles. The molecule has 8 nitrogen and oxygen atoms in total. The van der Waals surface area contributed by atoms with E-state index in [1.165, 1.54) is 0 Å². The van der Waals surface area contributed by atoms with Crippen LogP contribution in [0, 0.1) is 0 Å². The second kappa shape index (κ2) is 9.58. The van der Waals surface area contributed by atoms with E-state index in [1.807, 2.05) is 47.2 Å². The van der Waals surface area contributed by atoms with Gasteiger partial charge in [-0.25, -0.2) is 9.97 Å². The minimum absolute atomic E-state index is 0.500. The van der Waals surface area contributed by atoms with E-state index >= 15 is 0 Å². The first-order valence-electron chi connectivity index (χ1n) is 12.8. The predicted molar refractivity (Wildman–Crippen MR) is 155 cm³/mol. The maximum absolute atomic E-state index is 6.06.